The lowest BCUT2D eigenvalue weighted by Crippen LogP contribution is -2.02. The number of anilines is 1. The fraction of sp³-hybridized carbons (Fsp3) is 0.214. The summed E-state index contributed by atoms with van der Waals surface area (Å²) < 4.78 is 18.7. The Morgan fingerprint density at radius 2 is 2.19 bits per heavy atom. The van der Waals surface area contributed by atoms with E-state index < -0.39 is 16.4 Å². The molecule has 21 heavy (non-hydrogen) atoms. The Kier molecular flexibility index (Phi) is 4.65. The van der Waals surface area contributed by atoms with Gasteiger partial charge in [-0.25, -0.2) is 4.98 Å². The van der Waals surface area contributed by atoms with Gasteiger partial charge in [0.2, 0.25) is 11.7 Å². The van der Waals surface area contributed by atoms with Crippen LogP contribution in [-0.2, 0) is 6.54 Å². The second kappa shape index (κ2) is 6.65. The fourth-order valence-corrected chi connectivity index (χ4v) is 1.73. The van der Waals surface area contributed by atoms with Crippen molar-refractivity contribution < 1.29 is 14.1 Å². The molecule has 0 bridgehead atoms. The molecule has 0 saturated heterocycles. The highest BCUT2D eigenvalue weighted by molar-refractivity contribution is 5.43. The summed E-state index contributed by atoms with van der Waals surface area (Å²) in [5.41, 5.74) is 0.825. The van der Waals surface area contributed by atoms with E-state index in [1.165, 1.54) is 6.07 Å². The number of pyridine rings is 1. The number of ether oxygens (including phenoxy) is 1. The van der Waals surface area contributed by atoms with E-state index in [9.17, 15) is 14.5 Å². The van der Waals surface area contributed by atoms with Crippen LogP contribution in [0, 0.1) is 15.9 Å². The number of aromatic nitrogens is 1. The van der Waals surface area contributed by atoms with Gasteiger partial charge < -0.3 is 10.1 Å². The van der Waals surface area contributed by atoms with Crippen LogP contribution < -0.4 is 10.1 Å². The first-order valence-corrected chi connectivity index (χ1v) is 6.35. The van der Waals surface area contributed by atoms with Crippen molar-refractivity contribution in [3.05, 3.63) is 58.0 Å². The molecule has 0 aliphatic heterocycles. The lowest BCUT2D eigenvalue weighted by molar-refractivity contribution is -0.387. The Morgan fingerprint density at radius 3 is 2.76 bits per heavy atom. The van der Waals surface area contributed by atoms with E-state index >= 15 is 0 Å². The van der Waals surface area contributed by atoms with Crippen molar-refractivity contribution in [3.8, 4) is 5.88 Å². The molecule has 2 aromatic rings. The second-order valence-corrected chi connectivity index (χ2v) is 4.21. The quantitative estimate of drug-likeness (QED) is 0.653. The molecule has 0 fully saturated rings. The maximum Gasteiger partial charge on any atom is 0.304 e. The summed E-state index contributed by atoms with van der Waals surface area (Å²) in [6, 6.07) is 7.33. The number of nitrogens with zero attached hydrogens (tertiary/aromatic N) is 2. The smallest absolute Gasteiger partial charge is 0.304 e. The average molecular weight is 291 g/mol. The van der Waals surface area contributed by atoms with Crippen LogP contribution in [0.1, 0.15) is 12.5 Å². The van der Waals surface area contributed by atoms with Crippen molar-refractivity contribution >= 4 is 11.4 Å². The van der Waals surface area contributed by atoms with Gasteiger partial charge in [-0.15, -0.1) is 0 Å². The predicted molar refractivity (Wildman–Crippen MR) is 75.8 cm³/mol. The molecule has 0 aliphatic carbocycles. The van der Waals surface area contributed by atoms with Gasteiger partial charge in [-0.3, -0.25) is 10.1 Å². The summed E-state index contributed by atoms with van der Waals surface area (Å²) >= 11 is 0. The predicted octanol–water partition coefficient (Wildman–Crippen LogP) is 3.14. The first-order chi connectivity index (χ1) is 10.1. The van der Waals surface area contributed by atoms with Gasteiger partial charge in [0.05, 0.1) is 23.4 Å². The number of nitro groups is 1. The van der Waals surface area contributed by atoms with Crippen LogP contribution in [-0.4, -0.2) is 16.5 Å². The molecule has 0 radical (unpaired) electrons. The van der Waals surface area contributed by atoms with Crippen LogP contribution in [0.15, 0.2) is 36.5 Å². The van der Waals surface area contributed by atoms with Gasteiger partial charge in [0.1, 0.15) is 0 Å². The van der Waals surface area contributed by atoms with Gasteiger partial charge in [0, 0.05) is 18.7 Å². The molecule has 110 valence electrons. The summed E-state index contributed by atoms with van der Waals surface area (Å²) in [7, 11) is 0. The van der Waals surface area contributed by atoms with E-state index in [2.05, 4.69) is 10.3 Å². The van der Waals surface area contributed by atoms with Crippen LogP contribution in [0.2, 0.25) is 0 Å². The van der Waals surface area contributed by atoms with Gasteiger partial charge in [-0.2, -0.15) is 4.39 Å². The second-order valence-electron chi connectivity index (χ2n) is 4.21. The van der Waals surface area contributed by atoms with E-state index in [0.29, 0.717) is 24.6 Å². The molecule has 0 atom stereocenters. The number of nitrogens with one attached hydrogen (secondary N) is 1. The highest BCUT2D eigenvalue weighted by Crippen LogP contribution is 2.19. The zero-order valence-corrected chi connectivity index (χ0v) is 11.4. The number of benzene rings is 1. The van der Waals surface area contributed by atoms with Crippen molar-refractivity contribution in [2.75, 3.05) is 11.9 Å². The molecule has 0 aliphatic rings. The van der Waals surface area contributed by atoms with Crippen molar-refractivity contribution in [1.29, 1.82) is 0 Å². The topological polar surface area (TPSA) is 77.3 Å². The minimum atomic E-state index is -0.843. The summed E-state index contributed by atoms with van der Waals surface area (Å²) in [6.45, 7) is 2.75. The van der Waals surface area contributed by atoms with Crippen molar-refractivity contribution in [1.82, 2.24) is 4.98 Å². The van der Waals surface area contributed by atoms with E-state index in [1.54, 1.807) is 18.3 Å². The number of nitro benzene ring substituents is 1. The molecule has 2 rings (SSSR count). The summed E-state index contributed by atoms with van der Waals surface area (Å²) in [5.74, 6) is -0.312. The van der Waals surface area contributed by atoms with Gasteiger partial charge in [-0.1, -0.05) is 6.07 Å². The summed E-state index contributed by atoms with van der Waals surface area (Å²) in [6.07, 6.45) is 1.60. The molecule has 0 spiro atoms. The molecular weight excluding hydrogens is 277 g/mol. The largest absolute Gasteiger partial charge is 0.478 e. The molecule has 0 saturated carbocycles. The third-order valence-corrected chi connectivity index (χ3v) is 2.73. The van der Waals surface area contributed by atoms with E-state index in [0.717, 1.165) is 17.8 Å². The average Bonchev–Trinajstić information content (AvgIpc) is 2.46. The molecular formula is C14H14FN3O3. The van der Waals surface area contributed by atoms with Crippen molar-refractivity contribution in [2.24, 2.45) is 0 Å². The molecule has 7 heteroatoms. The molecule has 1 aromatic carbocycles. The fourth-order valence-electron chi connectivity index (χ4n) is 1.73. The molecule has 1 aromatic heterocycles. The first-order valence-electron chi connectivity index (χ1n) is 6.35. The van der Waals surface area contributed by atoms with E-state index in [4.69, 9.17) is 4.74 Å². The third kappa shape index (κ3) is 3.88. The van der Waals surface area contributed by atoms with Crippen molar-refractivity contribution in [3.63, 3.8) is 0 Å². The van der Waals surface area contributed by atoms with E-state index in [-0.39, 0.29) is 0 Å². The maximum absolute atomic E-state index is 13.5. The number of hydrogen-bond acceptors (Lipinski definition) is 5. The number of hydrogen-bond donors (Lipinski definition) is 1. The molecule has 6 nitrogen and oxygen atoms in total. The molecule has 0 unspecified atom stereocenters. The Hall–Kier alpha value is -2.70. The van der Waals surface area contributed by atoms with Crippen molar-refractivity contribution in [2.45, 2.75) is 13.5 Å². The Labute approximate surface area is 120 Å². The summed E-state index contributed by atoms with van der Waals surface area (Å²) in [4.78, 5) is 13.9. The normalized spacial score (nSPS) is 10.2. The van der Waals surface area contributed by atoms with Crippen LogP contribution in [0.3, 0.4) is 0 Å². The van der Waals surface area contributed by atoms with E-state index in [1.807, 2.05) is 6.92 Å². The standard InChI is InChI=1S/C14H14FN3O3/c1-2-21-14-6-4-11(9-17-14)16-8-10-3-5-13(18(19)20)12(15)7-10/h3-7,9,16H,2,8H2,1H3. The van der Waals surface area contributed by atoms with Crippen LogP contribution in [0.4, 0.5) is 15.8 Å². The lowest BCUT2D eigenvalue weighted by Gasteiger charge is -2.07. The highest BCUT2D eigenvalue weighted by atomic mass is 19.1. The van der Waals surface area contributed by atoms with Crippen LogP contribution >= 0.6 is 0 Å². The van der Waals surface area contributed by atoms with Gasteiger partial charge in [0.15, 0.2) is 0 Å². The third-order valence-electron chi connectivity index (χ3n) is 2.73. The Morgan fingerprint density at radius 1 is 1.38 bits per heavy atom. The Balaban J connectivity index is 1.99. The zero-order chi connectivity index (χ0) is 15.2. The van der Waals surface area contributed by atoms with Gasteiger partial charge in [-0.05, 0) is 24.6 Å². The van der Waals surface area contributed by atoms with Gasteiger partial charge >= 0.3 is 5.69 Å². The van der Waals surface area contributed by atoms with Gasteiger partial charge in [0.25, 0.3) is 0 Å². The summed E-state index contributed by atoms with van der Waals surface area (Å²) in [5, 5.41) is 13.6. The highest BCUT2D eigenvalue weighted by Gasteiger charge is 2.13. The number of halogens is 1. The molecule has 0 amide bonds. The monoisotopic (exact) mass is 291 g/mol. The lowest BCUT2D eigenvalue weighted by atomic mass is 10.2. The molecule has 1 N–H and O–H groups in total. The SMILES string of the molecule is CCOc1ccc(NCc2ccc([N+](=O)[O-])c(F)c2)cn1. The Bertz CT molecular complexity index is 632. The minimum Gasteiger partial charge on any atom is -0.478 e. The van der Waals surface area contributed by atoms with Crippen LogP contribution in [0.25, 0.3) is 0 Å². The molecule has 1 heterocycles. The zero-order valence-electron chi connectivity index (χ0n) is 11.4. The van der Waals surface area contributed by atoms with Crippen LogP contribution in [0.5, 0.6) is 5.88 Å². The maximum atomic E-state index is 13.5. The first kappa shape index (κ1) is 14.7. The minimum absolute atomic E-state index is 0.338. The number of rotatable bonds is 6.